The van der Waals surface area contributed by atoms with Crippen LogP contribution in [0.25, 0.3) is 0 Å². The zero-order valence-electron chi connectivity index (χ0n) is 9.49. The third kappa shape index (κ3) is 5.72. The zero-order chi connectivity index (χ0) is 11.6. The molecule has 1 rings (SSSR count). The molecule has 0 aliphatic heterocycles. The molecule has 4 nitrogen and oxygen atoms in total. The molecule has 0 atom stereocenters. The Balaban J connectivity index is 1.98. The summed E-state index contributed by atoms with van der Waals surface area (Å²) in [6, 6.07) is 3.84. The van der Waals surface area contributed by atoms with E-state index in [0.29, 0.717) is 5.11 Å². The fraction of sp³-hybridized carbons (Fsp3) is 0.545. The molecule has 0 aliphatic carbocycles. The van der Waals surface area contributed by atoms with Gasteiger partial charge in [0.1, 0.15) is 5.76 Å². The van der Waals surface area contributed by atoms with E-state index in [9.17, 15) is 0 Å². The van der Waals surface area contributed by atoms with Crippen molar-refractivity contribution in [2.75, 3.05) is 26.8 Å². The molecule has 1 aromatic rings. The fourth-order valence-electron chi connectivity index (χ4n) is 1.23. The quantitative estimate of drug-likeness (QED) is 0.558. The van der Waals surface area contributed by atoms with E-state index in [0.717, 1.165) is 38.3 Å². The fourth-order valence-corrected chi connectivity index (χ4v) is 1.44. The minimum atomic E-state index is 0.683. The average Bonchev–Trinajstić information content (AvgIpc) is 2.77. The van der Waals surface area contributed by atoms with Crippen LogP contribution < -0.4 is 10.6 Å². The first-order valence-electron chi connectivity index (χ1n) is 5.36. The summed E-state index contributed by atoms with van der Waals surface area (Å²) in [5.41, 5.74) is 0. The van der Waals surface area contributed by atoms with Crippen molar-refractivity contribution in [3.63, 3.8) is 0 Å². The molecule has 0 aliphatic rings. The van der Waals surface area contributed by atoms with Crippen molar-refractivity contribution in [1.29, 1.82) is 0 Å². The van der Waals surface area contributed by atoms with E-state index >= 15 is 0 Å². The van der Waals surface area contributed by atoms with E-state index in [2.05, 4.69) is 10.6 Å². The smallest absolute Gasteiger partial charge is 0.166 e. The first-order chi connectivity index (χ1) is 7.83. The number of hydrogen-bond donors (Lipinski definition) is 2. The minimum Gasteiger partial charge on any atom is -0.469 e. The van der Waals surface area contributed by atoms with Gasteiger partial charge in [0.2, 0.25) is 0 Å². The topological polar surface area (TPSA) is 46.4 Å². The first kappa shape index (κ1) is 13.0. The molecule has 5 heteroatoms. The van der Waals surface area contributed by atoms with Crippen molar-refractivity contribution in [3.8, 4) is 0 Å². The second-order valence-corrected chi connectivity index (χ2v) is 3.77. The molecule has 0 fully saturated rings. The summed E-state index contributed by atoms with van der Waals surface area (Å²) in [4.78, 5) is 0. The standard InChI is InChI=1S/C11H18N2O2S/c1-14-8-3-6-12-11(16)13-7-5-10-4-2-9-15-10/h2,4,9H,3,5-8H2,1H3,(H2,12,13,16). The highest BCUT2D eigenvalue weighted by molar-refractivity contribution is 7.80. The van der Waals surface area contributed by atoms with E-state index in [-0.39, 0.29) is 0 Å². The molecule has 2 N–H and O–H groups in total. The van der Waals surface area contributed by atoms with E-state index in [1.807, 2.05) is 12.1 Å². The summed E-state index contributed by atoms with van der Waals surface area (Å²) in [7, 11) is 1.69. The molecule has 0 spiro atoms. The Labute approximate surface area is 101 Å². The third-order valence-electron chi connectivity index (χ3n) is 2.05. The normalized spacial score (nSPS) is 10.1. The van der Waals surface area contributed by atoms with Crippen LogP contribution in [0.3, 0.4) is 0 Å². The number of hydrogen-bond acceptors (Lipinski definition) is 3. The lowest BCUT2D eigenvalue weighted by atomic mass is 10.3. The van der Waals surface area contributed by atoms with Crippen LogP contribution in [-0.4, -0.2) is 31.9 Å². The van der Waals surface area contributed by atoms with Crippen LogP contribution in [0.5, 0.6) is 0 Å². The molecule has 0 amide bonds. The molecule has 1 heterocycles. The Morgan fingerprint density at radius 2 is 2.25 bits per heavy atom. The Hall–Kier alpha value is -1.07. The van der Waals surface area contributed by atoms with Gasteiger partial charge in [-0.25, -0.2) is 0 Å². The van der Waals surface area contributed by atoms with E-state index in [4.69, 9.17) is 21.4 Å². The van der Waals surface area contributed by atoms with Crippen LogP contribution >= 0.6 is 12.2 Å². The van der Waals surface area contributed by atoms with Crippen molar-refractivity contribution < 1.29 is 9.15 Å². The Bertz CT molecular complexity index is 288. The van der Waals surface area contributed by atoms with Crippen LogP contribution in [0.4, 0.5) is 0 Å². The van der Waals surface area contributed by atoms with Gasteiger partial charge in [-0.1, -0.05) is 0 Å². The van der Waals surface area contributed by atoms with Gasteiger partial charge in [0.05, 0.1) is 6.26 Å². The molecule has 0 bridgehead atoms. The predicted octanol–water partition coefficient (Wildman–Crippen LogP) is 1.32. The SMILES string of the molecule is COCCCNC(=S)NCCc1ccco1. The summed E-state index contributed by atoms with van der Waals surface area (Å²) >= 11 is 5.10. The van der Waals surface area contributed by atoms with E-state index in [1.165, 1.54) is 0 Å². The van der Waals surface area contributed by atoms with Gasteiger partial charge in [-0.15, -0.1) is 0 Å². The highest BCUT2D eigenvalue weighted by atomic mass is 32.1. The van der Waals surface area contributed by atoms with Gasteiger partial charge < -0.3 is 19.8 Å². The molecule has 0 aromatic carbocycles. The van der Waals surface area contributed by atoms with Gasteiger partial charge in [0, 0.05) is 33.2 Å². The van der Waals surface area contributed by atoms with Crippen LogP contribution in [-0.2, 0) is 11.2 Å². The molecule has 1 aromatic heterocycles. The molecule has 16 heavy (non-hydrogen) atoms. The van der Waals surface area contributed by atoms with Gasteiger partial charge in [0.25, 0.3) is 0 Å². The number of rotatable bonds is 7. The average molecular weight is 242 g/mol. The monoisotopic (exact) mass is 242 g/mol. The summed E-state index contributed by atoms with van der Waals surface area (Å²) in [5.74, 6) is 0.967. The van der Waals surface area contributed by atoms with Gasteiger partial charge in [0.15, 0.2) is 5.11 Å². The number of methoxy groups -OCH3 is 1. The molecule has 0 saturated heterocycles. The molecule has 0 radical (unpaired) electrons. The maximum atomic E-state index is 5.21. The van der Waals surface area contributed by atoms with Crippen molar-refractivity contribution in [3.05, 3.63) is 24.2 Å². The van der Waals surface area contributed by atoms with Gasteiger partial charge >= 0.3 is 0 Å². The van der Waals surface area contributed by atoms with E-state index in [1.54, 1.807) is 13.4 Å². The summed E-state index contributed by atoms with van der Waals surface area (Å²) in [6.07, 6.45) is 3.47. The lowest BCUT2D eigenvalue weighted by Gasteiger charge is -2.09. The molecule has 0 saturated carbocycles. The van der Waals surface area contributed by atoms with Crippen LogP contribution in [0, 0.1) is 0 Å². The van der Waals surface area contributed by atoms with E-state index < -0.39 is 0 Å². The zero-order valence-corrected chi connectivity index (χ0v) is 10.3. The number of ether oxygens (including phenoxy) is 1. The van der Waals surface area contributed by atoms with Crippen LogP contribution in [0.15, 0.2) is 22.8 Å². The molecular weight excluding hydrogens is 224 g/mol. The maximum Gasteiger partial charge on any atom is 0.166 e. The second-order valence-electron chi connectivity index (χ2n) is 3.36. The van der Waals surface area contributed by atoms with Crippen molar-refractivity contribution in [2.24, 2.45) is 0 Å². The lowest BCUT2D eigenvalue weighted by Crippen LogP contribution is -2.37. The summed E-state index contributed by atoms with van der Waals surface area (Å²) in [6.45, 7) is 2.37. The predicted molar refractivity (Wildman–Crippen MR) is 67.5 cm³/mol. The Morgan fingerprint density at radius 3 is 2.94 bits per heavy atom. The summed E-state index contributed by atoms with van der Waals surface area (Å²) < 4.78 is 10.1. The highest BCUT2D eigenvalue weighted by Gasteiger charge is 1.97. The molecule has 90 valence electrons. The Morgan fingerprint density at radius 1 is 1.44 bits per heavy atom. The van der Waals surface area contributed by atoms with Crippen LogP contribution in [0.2, 0.25) is 0 Å². The third-order valence-corrected chi connectivity index (χ3v) is 2.34. The highest BCUT2D eigenvalue weighted by Crippen LogP contribution is 1.99. The van der Waals surface area contributed by atoms with Gasteiger partial charge in [-0.05, 0) is 30.8 Å². The second kappa shape index (κ2) is 8.13. The minimum absolute atomic E-state index is 0.683. The summed E-state index contributed by atoms with van der Waals surface area (Å²) in [5, 5.41) is 6.91. The Kier molecular flexibility index (Phi) is 6.60. The number of nitrogens with one attached hydrogen (secondary N) is 2. The van der Waals surface area contributed by atoms with Crippen LogP contribution in [0.1, 0.15) is 12.2 Å². The van der Waals surface area contributed by atoms with Gasteiger partial charge in [-0.2, -0.15) is 0 Å². The first-order valence-corrected chi connectivity index (χ1v) is 5.77. The molecule has 0 unspecified atom stereocenters. The van der Waals surface area contributed by atoms with Gasteiger partial charge in [-0.3, -0.25) is 0 Å². The van der Waals surface area contributed by atoms with Crippen molar-refractivity contribution >= 4 is 17.3 Å². The number of furan rings is 1. The van der Waals surface area contributed by atoms with Crippen molar-refractivity contribution in [1.82, 2.24) is 10.6 Å². The number of thiocarbonyl (C=S) groups is 1. The lowest BCUT2D eigenvalue weighted by molar-refractivity contribution is 0.195. The molecular formula is C11H18N2O2S. The largest absolute Gasteiger partial charge is 0.469 e. The maximum absolute atomic E-state index is 5.21. The van der Waals surface area contributed by atoms with Crippen molar-refractivity contribution in [2.45, 2.75) is 12.8 Å².